The Hall–Kier alpha value is -1.59. The minimum Gasteiger partial charge on any atom is -0.395 e. The van der Waals surface area contributed by atoms with Gasteiger partial charge in [-0.05, 0) is 43.2 Å². The fourth-order valence-corrected chi connectivity index (χ4v) is 6.53. The molecule has 10 heteroatoms. The van der Waals surface area contributed by atoms with Gasteiger partial charge in [0.05, 0.1) is 18.5 Å². The lowest BCUT2D eigenvalue weighted by atomic mass is 9.90. The fraction of sp³-hybridized carbons (Fsp3) is 0.619. The summed E-state index contributed by atoms with van der Waals surface area (Å²) in [5.41, 5.74) is 4.70. The number of rotatable bonds is 6. The number of aromatic nitrogens is 2. The van der Waals surface area contributed by atoms with E-state index in [0.29, 0.717) is 5.01 Å². The predicted octanol–water partition coefficient (Wildman–Crippen LogP) is 2.61. The number of nitrogens with zero attached hydrogens (tertiary/aromatic N) is 3. The van der Waals surface area contributed by atoms with Crippen LogP contribution in [-0.4, -0.2) is 37.3 Å². The van der Waals surface area contributed by atoms with Gasteiger partial charge in [-0.3, -0.25) is 4.98 Å². The number of pyridine rings is 1. The topological polar surface area (TPSA) is 134 Å². The molecule has 0 saturated carbocycles. The van der Waals surface area contributed by atoms with Crippen molar-refractivity contribution in [3.8, 4) is 0 Å². The fourth-order valence-electron chi connectivity index (χ4n) is 4.29. The van der Waals surface area contributed by atoms with Crippen molar-refractivity contribution in [1.82, 2.24) is 9.97 Å². The Morgan fingerprint density at radius 1 is 1.35 bits per heavy atom. The number of aliphatic hydroxyl groups excluding tert-OH is 2. The molecule has 5 N–H and O–H groups in total. The Bertz CT molecular complexity index is 1130. The number of hydrogen-bond acceptors (Lipinski definition) is 8. The summed E-state index contributed by atoms with van der Waals surface area (Å²) in [4.78, 5) is 9.21. The molecule has 8 nitrogen and oxygen atoms in total. The van der Waals surface area contributed by atoms with Gasteiger partial charge in [0.15, 0.2) is 0 Å². The smallest absolute Gasteiger partial charge is 0.233 e. The van der Waals surface area contributed by atoms with Crippen molar-refractivity contribution in [2.24, 2.45) is 9.50 Å². The molecule has 31 heavy (non-hydrogen) atoms. The van der Waals surface area contributed by atoms with E-state index in [1.165, 1.54) is 6.20 Å². The number of hydrogen-bond donors (Lipinski definition) is 4. The third-order valence-electron chi connectivity index (χ3n) is 6.24. The van der Waals surface area contributed by atoms with E-state index >= 15 is 0 Å². The zero-order valence-corrected chi connectivity index (χ0v) is 20.1. The van der Waals surface area contributed by atoms with Gasteiger partial charge in [0.1, 0.15) is 19.1 Å². The van der Waals surface area contributed by atoms with E-state index in [1.54, 1.807) is 0 Å². The lowest BCUT2D eigenvalue weighted by Crippen LogP contribution is -2.24. The first-order chi connectivity index (χ1) is 14.4. The summed E-state index contributed by atoms with van der Waals surface area (Å²) in [6, 6.07) is 0. The van der Waals surface area contributed by atoms with Crippen molar-refractivity contribution in [1.29, 1.82) is 0 Å². The van der Waals surface area contributed by atoms with Crippen LogP contribution in [0.15, 0.2) is 14.8 Å². The highest BCUT2D eigenvalue weighted by molar-refractivity contribution is 7.93. The summed E-state index contributed by atoms with van der Waals surface area (Å²) < 4.78 is 17.4. The molecule has 170 valence electrons. The lowest BCUT2D eigenvalue weighted by Gasteiger charge is -2.22. The van der Waals surface area contributed by atoms with Gasteiger partial charge in [-0.1, -0.05) is 27.7 Å². The SMILES string of the molecule is CC(C)(CO)c1ncc(S(N)(=O)=NC(O)Nc2c3c(nc4c2CCC4(C)C)CCC3)s1. The Labute approximate surface area is 187 Å². The van der Waals surface area contributed by atoms with E-state index in [-0.39, 0.29) is 16.2 Å². The average molecular weight is 466 g/mol. The van der Waals surface area contributed by atoms with Gasteiger partial charge in [-0.15, -0.1) is 11.3 Å². The Kier molecular flexibility index (Phi) is 5.66. The van der Waals surface area contributed by atoms with Crippen molar-refractivity contribution < 1.29 is 14.4 Å². The van der Waals surface area contributed by atoms with Crippen molar-refractivity contribution >= 4 is 26.9 Å². The molecular weight excluding hydrogens is 434 g/mol. The van der Waals surface area contributed by atoms with E-state index in [9.17, 15) is 14.4 Å². The molecule has 0 fully saturated rings. The van der Waals surface area contributed by atoms with Crippen LogP contribution in [-0.2, 0) is 40.0 Å². The van der Waals surface area contributed by atoms with Gasteiger partial charge < -0.3 is 15.5 Å². The van der Waals surface area contributed by atoms with E-state index in [0.717, 1.165) is 71.6 Å². The first-order valence-corrected chi connectivity index (χ1v) is 12.9. The third-order valence-corrected chi connectivity index (χ3v) is 9.56. The monoisotopic (exact) mass is 465 g/mol. The largest absolute Gasteiger partial charge is 0.395 e. The summed E-state index contributed by atoms with van der Waals surface area (Å²) in [6.45, 7) is 7.97. The molecule has 0 aliphatic heterocycles. The maximum absolute atomic E-state index is 13.1. The normalized spacial score (nSPS) is 20.1. The first kappa shape index (κ1) is 22.6. The molecule has 0 aromatic carbocycles. The minimum atomic E-state index is -3.36. The number of nitrogens with two attached hydrogens (primary N) is 1. The predicted molar refractivity (Wildman–Crippen MR) is 122 cm³/mol. The van der Waals surface area contributed by atoms with Gasteiger partial charge in [0.25, 0.3) is 0 Å². The van der Waals surface area contributed by atoms with Gasteiger partial charge in [0.2, 0.25) is 6.35 Å². The molecule has 2 heterocycles. The van der Waals surface area contributed by atoms with Crippen LogP contribution in [0, 0.1) is 0 Å². The van der Waals surface area contributed by atoms with E-state index in [4.69, 9.17) is 10.1 Å². The van der Waals surface area contributed by atoms with Crippen molar-refractivity contribution in [2.45, 2.75) is 81.2 Å². The van der Waals surface area contributed by atoms with E-state index in [2.05, 4.69) is 28.5 Å². The van der Waals surface area contributed by atoms with Gasteiger partial charge in [-0.25, -0.2) is 14.3 Å². The number of aliphatic hydroxyl groups is 2. The van der Waals surface area contributed by atoms with Crippen LogP contribution in [0.1, 0.15) is 68.1 Å². The van der Waals surface area contributed by atoms with E-state index in [1.807, 2.05) is 13.8 Å². The highest BCUT2D eigenvalue weighted by Crippen LogP contribution is 2.44. The van der Waals surface area contributed by atoms with Crippen molar-refractivity contribution in [3.63, 3.8) is 0 Å². The molecule has 2 aliphatic carbocycles. The lowest BCUT2D eigenvalue weighted by molar-refractivity contribution is 0.215. The number of thiazole rings is 1. The molecule has 2 aromatic heterocycles. The Morgan fingerprint density at radius 2 is 2.10 bits per heavy atom. The number of nitrogens with one attached hydrogen (secondary N) is 1. The molecule has 0 amide bonds. The molecule has 2 unspecified atom stereocenters. The molecule has 0 bridgehead atoms. The second kappa shape index (κ2) is 7.77. The standard InChI is InChI=1S/C21H31N5O3S2/c1-20(2)9-8-13-16(12-6-5-7-14(12)24-17(13)20)25-19(28)26-31(22,29)15-10-23-18(30-15)21(3,4)11-27/h10,19,27-28H,5-9,11H2,1-4H3,(H,24,25)(H2,22,26,29). The van der Waals surface area contributed by atoms with Crippen LogP contribution in [0.3, 0.4) is 0 Å². The molecule has 2 aliphatic rings. The van der Waals surface area contributed by atoms with Crippen LogP contribution >= 0.6 is 11.3 Å². The summed E-state index contributed by atoms with van der Waals surface area (Å²) in [5.74, 6) is 0. The molecule has 2 aromatic rings. The summed E-state index contributed by atoms with van der Waals surface area (Å²) in [6.07, 6.45) is 4.73. The summed E-state index contributed by atoms with van der Waals surface area (Å²) >= 11 is 1.15. The Balaban J connectivity index is 1.66. The molecule has 0 radical (unpaired) electrons. The first-order valence-electron chi connectivity index (χ1n) is 10.6. The van der Waals surface area contributed by atoms with Crippen LogP contribution in [0.2, 0.25) is 0 Å². The van der Waals surface area contributed by atoms with Crippen LogP contribution in [0.4, 0.5) is 5.69 Å². The van der Waals surface area contributed by atoms with Gasteiger partial charge >= 0.3 is 0 Å². The van der Waals surface area contributed by atoms with Gasteiger partial charge in [-0.2, -0.15) is 4.36 Å². The number of fused-ring (bicyclic) bond motifs is 2. The number of anilines is 1. The zero-order chi connectivity index (χ0) is 22.6. The Morgan fingerprint density at radius 3 is 2.81 bits per heavy atom. The second-order valence-electron chi connectivity index (χ2n) is 9.70. The summed E-state index contributed by atoms with van der Waals surface area (Å²) in [7, 11) is -3.36. The quantitative estimate of drug-likeness (QED) is 0.485. The number of aryl methyl sites for hydroxylation is 1. The highest BCUT2D eigenvalue weighted by Gasteiger charge is 2.36. The molecule has 0 saturated heterocycles. The molecule has 4 rings (SSSR count). The third kappa shape index (κ3) is 4.11. The summed E-state index contributed by atoms with van der Waals surface area (Å²) in [5, 5.41) is 30.0. The molecular formula is C21H31N5O3S2. The molecule has 2 atom stereocenters. The van der Waals surface area contributed by atoms with Crippen LogP contribution < -0.4 is 10.5 Å². The molecule has 0 spiro atoms. The highest BCUT2D eigenvalue weighted by atomic mass is 32.2. The second-order valence-corrected chi connectivity index (χ2v) is 12.8. The van der Waals surface area contributed by atoms with Crippen molar-refractivity contribution in [3.05, 3.63) is 33.7 Å². The zero-order valence-electron chi connectivity index (χ0n) is 18.4. The minimum absolute atomic E-state index is 0.00850. The van der Waals surface area contributed by atoms with E-state index < -0.39 is 21.7 Å². The van der Waals surface area contributed by atoms with Crippen LogP contribution in [0.5, 0.6) is 0 Å². The van der Waals surface area contributed by atoms with Crippen molar-refractivity contribution in [2.75, 3.05) is 11.9 Å². The van der Waals surface area contributed by atoms with Crippen LogP contribution in [0.25, 0.3) is 0 Å². The maximum Gasteiger partial charge on any atom is 0.233 e. The average Bonchev–Trinajstić information content (AvgIpc) is 3.41. The van der Waals surface area contributed by atoms with Gasteiger partial charge in [0, 0.05) is 22.2 Å². The maximum atomic E-state index is 13.1.